The molecule has 0 radical (unpaired) electrons. The van der Waals surface area contributed by atoms with Crippen molar-refractivity contribution in [1.82, 2.24) is 0 Å². The molecule has 3 unspecified atom stereocenters. The molecular formula is C14H18N2O2S2. The summed E-state index contributed by atoms with van der Waals surface area (Å²) in [5.74, 6) is 1.32. The number of anilines is 1. The molecule has 108 valence electrons. The van der Waals surface area contributed by atoms with Gasteiger partial charge < -0.3 is 16.2 Å². The Hall–Kier alpha value is -0.690. The smallest absolute Gasteiger partial charge is 0.232 e. The van der Waals surface area contributed by atoms with E-state index in [4.69, 9.17) is 5.73 Å². The molecule has 0 aromatic heterocycles. The highest BCUT2D eigenvalue weighted by molar-refractivity contribution is 8.17. The fourth-order valence-electron chi connectivity index (χ4n) is 2.62. The topological polar surface area (TPSA) is 75.3 Å². The number of carbonyl (C=O) groups excluding carboxylic acids is 1. The first-order valence-corrected chi connectivity index (χ1v) is 8.81. The van der Waals surface area contributed by atoms with E-state index < -0.39 is 11.6 Å². The van der Waals surface area contributed by atoms with Gasteiger partial charge in [-0.2, -0.15) is 0 Å². The number of hydrogen-bond acceptors (Lipinski definition) is 5. The summed E-state index contributed by atoms with van der Waals surface area (Å²) in [6.07, 6.45) is 1.18. The molecule has 1 aromatic rings. The van der Waals surface area contributed by atoms with Crippen molar-refractivity contribution in [3.05, 3.63) is 30.3 Å². The van der Waals surface area contributed by atoms with Crippen LogP contribution in [0.1, 0.15) is 6.42 Å². The summed E-state index contributed by atoms with van der Waals surface area (Å²) in [7, 11) is 0. The second kappa shape index (κ2) is 5.60. The molecular weight excluding hydrogens is 292 g/mol. The Labute approximate surface area is 126 Å². The zero-order valence-electron chi connectivity index (χ0n) is 11.0. The first-order chi connectivity index (χ1) is 9.60. The van der Waals surface area contributed by atoms with Crippen LogP contribution in [-0.2, 0) is 4.79 Å². The second-order valence-electron chi connectivity index (χ2n) is 5.21. The number of rotatable bonds is 3. The van der Waals surface area contributed by atoms with Crippen LogP contribution < -0.4 is 11.1 Å². The minimum absolute atomic E-state index is 0.151. The Morgan fingerprint density at radius 2 is 1.95 bits per heavy atom. The number of amides is 1. The maximum absolute atomic E-state index is 12.3. The molecule has 20 heavy (non-hydrogen) atoms. The van der Waals surface area contributed by atoms with Crippen molar-refractivity contribution in [3.8, 4) is 0 Å². The van der Waals surface area contributed by atoms with Crippen LogP contribution >= 0.6 is 23.5 Å². The zero-order valence-corrected chi connectivity index (χ0v) is 12.6. The van der Waals surface area contributed by atoms with Crippen molar-refractivity contribution in [1.29, 1.82) is 0 Å². The number of nitrogens with two attached hydrogens (primary N) is 1. The summed E-state index contributed by atoms with van der Waals surface area (Å²) in [5.41, 5.74) is 5.29. The van der Waals surface area contributed by atoms with Crippen LogP contribution in [0.4, 0.5) is 5.69 Å². The van der Waals surface area contributed by atoms with Gasteiger partial charge in [-0.05, 0) is 30.1 Å². The van der Waals surface area contributed by atoms with E-state index in [9.17, 15) is 9.90 Å². The largest absolute Gasteiger partial charge is 0.375 e. The quantitative estimate of drug-likeness (QED) is 0.741. The molecule has 2 fully saturated rings. The fraction of sp³-hybridized carbons (Fsp3) is 0.500. The van der Waals surface area contributed by atoms with E-state index in [1.807, 2.05) is 30.3 Å². The molecule has 1 heterocycles. The van der Waals surface area contributed by atoms with E-state index in [2.05, 4.69) is 5.32 Å². The predicted molar refractivity (Wildman–Crippen MR) is 84.5 cm³/mol. The minimum atomic E-state index is -1.36. The normalized spacial score (nSPS) is 33.7. The number of aliphatic hydroxyl groups is 1. The van der Waals surface area contributed by atoms with E-state index in [1.54, 1.807) is 23.5 Å². The first kappa shape index (κ1) is 14.3. The van der Waals surface area contributed by atoms with Gasteiger partial charge in [-0.3, -0.25) is 4.79 Å². The molecule has 1 aromatic carbocycles. The summed E-state index contributed by atoms with van der Waals surface area (Å²) < 4.78 is 0.227. The van der Waals surface area contributed by atoms with Gasteiger partial charge in [0, 0.05) is 11.6 Å². The van der Waals surface area contributed by atoms with Crippen molar-refractivity contribution in [3.63, 3.8) is 0 Å². The van der Waals surface area contributed by atoms with E-state index in [1.165, 1.54) is 6.42 Å². The SMILES string of the molecule is NC1(O)C(C(=O)Nc2ccccc2)C1C1SCCCS1. The lowest BCUT2D eigenvalue weighted by Crippen LogP contribution is -2.31. The average Bonchev–Trinajstić information content (AvgIpc) is 3.04. The van der Waals surface area contributed by atoms with Gasteiger partial charge in [0.15, 0.2) is 0 Å². The van der Waals surface area contributed by atoms with Crippen LogP contribution in [0.25, 0.3) is 0 Å². The summed E-state index contributed by atoms with van der Waals surface area (Å²) in [4.78, 5) is 12.3. The number of nitrogens with one attached hydrogen (secondary N) is 1. The molecule has 1 aliphatic carbocycles. The average molecular weight is 310 g/mol. The second-order valence-corrected chi connectivity index (χ2v) is 8.01. The number of thioether (sulfide) groups is 2. The van der Waals surface area contributed by atoms with Crippen molar-refractivity contribution in [2.75, 3.05) is 16.8 Å². The summed E-state index contributed by atoms with van der Waals surface area (Å²) in [5, 5.41) is 13.1. The molecule has 6 heteroatoms. The van der Waals surface area contributed by atoms with Gasteiger partial charge in [0.25, 0.3) is 0 Å². The number of hydrogen-bond donors (Lipinski definition) is 3. The van der Waals surface area contributed by atoms with Crippen LogP contribution in [0.3, 0.4) is 0 Å². The van der Waals surface area contributed by atoms with Crippen LogP contribution in [0.5, 0.6) is 0 Å². The van der Waals surface area contributed by atoms with E-state index in [0.717, 1.165) is 17.2 Å². The van der Waals surface area contributed by atoms with E-state index in [-0.39, 0.29) is 16.4 Å². The Morgan fingerprint density at radius 3 is 2.60 bits per heavy atom. The predicted octanol–water partition coefficient (Wildman–Crippen LogP) is 1.71. The van der Waals surface area contributed by atoms with Gasteiger partial charge in [0.1, 0.15) is 5.72 Å². The Balaban J connectivity index is 1.66. The van der Waals surface area contributed by atoms with Crippen molar-refractivity contribution < 1.29 is 9.90 Å². The maximum atomic E-state index is 12.3. The Bertz CT molecular complexity index is 489. The van der Waals surface area contributed by atoms with Crippen molar-refractivity contribution in [2.45, 2.75) is 16.7 Å². The standard InChI is InChI=1S/C14H18N2O2S2/c15-14(18)10(11(14)13-19-7-4-8-20-13)12(17)16-9-5-2-1-3-6-9/h1-3,5-6,10-11,13,18H,4,7-8,15H2,(H,16,17). The zero-order chi connectivity index (χ0) is 14.2. The monoisotopic (exact) mass is 310 g/mol. The van der Waals surface area contributed by atoms with Crippen LogP contribution in [0, 0.1) is 11.8 Å². The summed E-state index contributed by atoms with van der Waals surface area (Å²) in [6, 6.07) is 9.27. The van der Waals surface area contributed by atoms with Crippen molar-refractivity contribution in [2.24, 2.45) is 17.6 Å². The Kier molecular flexibility index (Phi) is 3.99. The van der Waals surface area contributed by atoms with Crippen LogP contribution in [0.15, 0.2) is 30.3 Å². The third kappa shape index (κ3) is 2.70. The third-order valence-corrected chi connectivity index (χ3v) is 6.86. The number of para-hydroxylation sites is 1. The molecule has 1 amide bonds. The van der Waals surface area contributed by atoms with Gasteiger partial charge >= 0.3 is 0 Å². The molecule has 2 aliphatic rings. The highest BCUT2D eigenvalue weighted by Gasteiger charge is 2.68. The molecule has 0 spiro atoms. The lowest BCUT2D eigenvalue weighted by Gasteiger charge is -2.21. The Morgan fingerprint density at radius 1 is 1.30 bits per heavy atom. The van der Waals surface area contributed by atoms with E-state index in [0.29, 0.717) is 0 Å². The first-order valence-electron chi connectivity index (χ1n) is 6.71. The lowest BCUT2D eigenvalue weighted by atomic mass is 10.2. The maximum Gasteiger partial charge on any atom is 0.232 e. The molecule has 4 N–H and O–H groups in total. The highest BCUT2D eigenvalue weighted by Crippen LogP contribution is 2.56. The molecule has 1 aliphatic heterocycles. The van der Waals surface area contributed by atoms with Gasteiger partial charge in [0.05, 0.1) is 10.5 Å². The van der Waals surface area contributed by atoms with Gasteiger partial charge in [-0.1, -0.05) is 18.2 Å². The van der Waals surface area contributed by atoms with Crippen LogP contribution in [-0.4, -0.2) is 32.8 Å². The molecule has 1 saturated carbocycles. The number of benzene rings is 1. The molecule has 4 nitrogen and oxygen atoms in total. The third-order valence-electron chi connectivity index (χ3n) is 3.75. The van der Waals surface area contributed by atoms with Gasteiger partial charge in [-0.15, -0.1) is 23.5 Å². The summed E-state index contributed by atoms with van der Waals surface area (Å²) >= 11 is 3.61. The lowest BCUT2D eigenvalue weighted by molar-refractivity contribution is -0.118. The summed E-state index contributed by atoms with van der Waals surface area (Å²) in [6.45, 7) is 0. The highest BCUT2D eigenvalue weighted by atomic mass is 32.2. The van der Waals surface area contributed by atoms with E-state index >= 15 is 0 Å². The number of carbonyl (C=O) groups is 1. The van der Waals surface area contributed by atoms with Crippen LogP contribution in [0.2, 0.25) is 0 Å². The van der Waals surface area contributed by atoms with Gasteiger partial charge in [0.2, 0.25) is 5.91 Å². The minimum Gasteiger partial charge on any atom is -0.375 e. The molecule has 1 saturated heterocycles. The molecule has 0 bridgehead atoms. The van der Waals surface area contributed by atoms with Gasteiger partial charge in [-0.25, -0.2) is 0 Å². The van der Waals surface area contributed by atoms with Crippen molar-refractivity contribution >= 4 is 35.1 Å². The molecule has 3 rings (SSSR count). The molecule has 3 atom stereocenters. The fourth-order valence-corrected chi connectivity index (χ4v) is 6.02.